The Morgan fingerprint density at radius 3 is 2.27 bits per heavy atom. The van der Waals surface area contributed by atoms with Gasteiger partial charge in [-0.3, -0.25) is 19.1 Å². The van der Waals surface area contributed by atoms with E-state index in [2.05, 4.69) is 20.9 Å². The fourth-order valence-electron chi connectivity index (χ4n) is 2.12. The number of pyridine rings is 1. The molecule has 1 aromatic carbocycles. The first-order valence-electron chi connectivity index (χ1n) is 6.62. The minimum atomic E-state index is -0.570. The summed E-state index contributed by atoms with van der Waals surface area (Å²) in [5.74, 6) is 0. The van der Waals surface area contributed by atoms with Crippen molar-refractivity contribution in [2.24, 2.45) is 0 Å². The van der Waals surface area contributed by atoms with E-state index in [1.54, 1.807) is 36.9 Å². The fourth-order valence-corrected chi connectivity index (χ4v) is 2.39. The summed E-state index contributed by atoms with van der Waals surface area (Å²) in [5, 5.41) is 0. The van der Waals surface area contributed by atoms with Crippen LogP contribution in [0.5, 0.6) is 0 Å². The lowest BCUT2D eigenvalue weighted by Gasteiger charge is -2.09. The van der Waals surface area contributed by atoms with Crippen LogP contribution in [0.1, 0.15) is 5.56 Å². The van der Waals surface area contributed by atoms with Crippen molar-refractivity contribution in [1.29, 1.82) is 0 Å². The molecule has 0 aliphatic carbocycles. The third-order valence-electron chi connectivity index (χ3n) is 3.27. The molecule has 0 unspecified atom stereocenters. The van der Waals surface area contributed by atoms with Gasteiger partial charge in [0, 0.05) is 34.9 Å². The summed E-state index contributed by atoms with van der Waals surface area (Å²) in [5.41, 5.74) is 0.445. The largest absolute Gasteiger partial charge is 0.320 e. The van der Waals surface area contributed by atoms with Gasteiger partial charge < -0.3 is 4.57 Å². The molecule has 5 nitrogen and oxygen atoms in total. The zero-order chi connectivity index (χ0) is 15.5. The van der Waals surface area contributed by atoms with Crippen molar-refractivity contribution in [3.8, 4) is 5.69 Å². The number of aromatic nitrogens is 3. The number of nitrogens with zero attached hydrogens (tertiary/aromatic N) is 3. The van der Waals surface area contributed by atoms with Crippen molar-refractivity contribution in [3.05, 3.63) is 91.9 Å². The van der Waals surface area contributed by atoms with Gasteiger partial charge in [0.05, 0.1) is 6.54 Å². The van der Waals surface area contributed by atoms with Gasteiger partial charge in [-0.05, 0) is 42.0 Å². The number of hydrogen-bond acceptors (Lipinski definition) is 3. The molecule has 0 atom stereocenters. The molecule has 0 saturated heterocycles. The van der Waals surface area contributed by atoms with Crippen molar-refractivity contribution < 1.29 is 0 Å². The van der Waals surface area contributed by atoms with E-state index in [1.165, 1.54) is 9.13 Å². The minimum Gasteiger partial charge on any atom is -0.305 e. The Balaban J connectivity index is 2.00. The van der Waals surface area contributed by atoms with Crippen molar-refractivity contribution in [2.45, 2.75) is 6.54 Å². The van der Waals surface area contributed by atoms with Gasteiger partial charge in [-0.25, -0.2) is 0 Å². The van der Waals surface area contributed by atoms with Crippen LogP contribution in [0.25, 0.3) is 5.69 Å². The van der Waals surface area contributed by atoms with Crippen molar-refractivity contribution in [2.75, 3.05) is 0 Å². The van der Waals surface area contributed by atoms with Crippen molar-refractivity contribution in [1.82, 2.24) is 14.1 Å². The molecule has 3 aromatic rings. The van der Waals surface area contributed by atoms with Crippen LogP contribution >= 0.6 is 15.9 Å². The van der Waals surface area contributed by atoms with Gasteiger partial charge in [-0.2, -0.15) is 0 Å². The van der Waals surface area contributed by atoms with E-state index in [0.717, 1.165) is 10.0 Å². The third kappa shape index (κ3) is 2.92. The normalized spacial score (nSPS) is 10.6. The Bertz CT molecular complexity index is 899. The topological polar surface area (TPSA) is 56.9 Å². The second-order valence-electron chi connectivity index (χ2n) is 4.74. The molecule has 0 radical (unpaired) electrons. The molecule has 0 amide bonds. The van der Waals surface area contributed by atoms with Crippen LogP contribution in [0.4, 0.5) is 0 Å². The lowest BCUT2D eigenvalue weighted by atomic mass is 10.2. The Labute approximate surface area is 134 Å². The molecule has 22 heavy (non-hydrogen) atoms. The second-order valence-corrected chi connectivity index (χ2v) is 5.65. The van der Waals surface area contributed by atoms with Crippen LogP contribution in [0.2, 0.25) is 0 Å². The predicted molar refractivity (Wildman–Crippen MR) is 87.3 cm³/mol. The summed E-state index contributed by atoms with van der Waals surface area (Å²) in [7, 11) is 0. The lowest BCUT2D eigenvalue weighted by Crippen LogP contribution is -2.40. The zero-order valence-corrected chi connectivity index (χ0v) is 13.1. The van der Waals surface area contributed by atoms with Gasteiger partial charge in [0.25, 0.3) is 0 Å². The quantitative estimate of drug-likeness (QED) is 0.675. The molecule has 0 spiro atoms. The molecule has 0 aliphatic rings. The van der Waals surface area contributed by atoms with Crippen LogP contribution in [0, 0.1) is 0 Å². The average Bonchev–Trinajstić information content (AvgIpc) is 2.54. The Morgan fingerprint density at radius 2 is 1.59 bits per heavy atom. The first-order chi connectivity index (χ1) is 10.6. The maximum absolute atomic E-state index is 12.3. The van der Waals surface area contributed by atoms with E-state index in [4.69, 9.17) is 0 Å². The molecular formula is C16H12BrN3O2. The summed E-state index contributed by atoms with van der Waals surface area (Å²) >= 11 is 3.34. The van der Waals surface area contributed by atoms with Gasteiger partial charge in [-0.15, -0.1) is 0 Å². The maximum Gasteiger partial charge on any atom is 0.320 e. The lowest BCUT2D eigenvalue weighted by molar-refractivity contribution is 0.717. The minimum absolute atomic E-state index is 0.345. The highest BCUT2D eigenvalue weighted by Crippen LogP contribution is 2.12. The summed E-state index contributed by atoms with van der Waals surface area (Å²) in [6.45, 7) is 0.345. The van der Waals surface area contributed by atoms with Gasteiger partial charge in [-0.1, -0.05) is 15.9 Å². The predicted octanol–water partition coefficient (Wildman–Crippen LogP) is 2.20. The third-order valence-corrected chi connectivity index (χ3v) is 3.79. The van der Waals surface area contributed by atoms with Gasteiger partial charge in [0.1, 0.15) is 0 Å². The molecule has 0 aliphatic heterocycles. The van der Waals surface area contributed by atoms with Crippen LogP contribution in [-0.2, 0) is 6.54 Å². The van der Waals surface area contributed by atoms with Gasteiger partial charge >= 0.3 is 11.1 Å². The molecule has 110 valence electrons. The average molecular weight is 358 g/mol. The maximum atomic E-state index is 12.3. The Hall–Kier alpha value is -2.47. The fraction of sp³-hybridized carbons (Fsp3) is 0.0625. The molecule has 3 rings (SSSR count). The molecule has 0 bridgehead atoms. The monoisotopic (exact) mass is 357 g/mol. The summed E-state index contributed by atoms with van der Waals surface area (Å²) in [6, 6.07) is 10.8. The van der Waals surface area contributed by atoms with E-state index in [1.807, 2.05) is 24.3 Å². The smallest absolute Gasteiger partial charge is 0.305 e. The van der Waals surface area contributed by atoms with E-state index in [-0.39, 0.29) is 0 Å². The van der Waals surface area contributed by atoms with Crippen molar-refractivity contribution >= 4 is 15.9 Å². The Morgan fingerprint density at radius 1 is 0.909 bits per heavy atom. The van der Waals surface area contributed by atoms with E-state index < -0.39 is 11.1 Å². The van der Waals surface area contributed by atoms with Gasteiger partial charge in [0.2, 0.25) is 0 Å². The molecule has 2 heterocycles. The molecule has 2 aromatic heterocycles. The van der Waals surface area contributed by atoms with Gasteiger partial charge in [0.15, 0.2) is 0 Å². The molecule has 6 heteroatoms. The molecule has 0 N–H and O–H groups in total. The number of hydrogen-bond donors (Lipinski definition) is 0. The standard InChI is InChI=1S/C16H12BrN3O2/c17-13-1-3-14(4-2-13)20-10-9-19(15(21)16(20)22)11-12-5-7-18-8-6-12/h1-10H,11H2. The van der Waals surface area contributed by atoms with Crippen molar-refractivity contribution in [3.63, 3.8) is 0 Å². The highest BCUT2D eigenvalue weighted by Gasteiger charge is 2.07. The Kier molecular flexibility index (Phi) is 4.02. The molecule has 0 saturated carbocycles. The summed E-state index contributed by atoms with van der Waals surface area (Å²) in [6.07, 6.45) is 6.53. The highest BCUT2D eigenvalue weighted by atomic mass is 79.9. The molecule has 0 fully saturated rings. The highest BCUT2D eigenvalue weighted by molar-refractivity contribution is 9.10. The molecular weight excluding hydrogens is 346 g/mol. The van der Waals surface area contributed by atoms with E-state index >= 15 is 0 Å². The number of benzene rings is 1. The van der Waals surface area contributed by atoms with E-state index in [9.17, 15) is 9.59 Å². The van der Waals surface area contributed by atoms with E-state index in [0.29, 0.717) is 12.2 Å². The number of halogens is 1. The first-order valence-corrected chi connectivity index (χ1v) is 7.41. The second kappa shape index (κ2) is 6.11. The van der Waals surface area contributed by atoms with Crippen LogP contribution in [0.15, 0.2) is 75.2 Å². The number of rotatable bonds is 3. The summed E-state index contributed by atoms with van der Waals surface area (Å²) in [4.78, 5) is 28.4. The SMILES string of the molecule is O=c1c(=O)n(-c2ccc(Br)cc2)ccn1Cc1ccncc1. The first kappa shape index (κ1) is 14.5. The zero-order valence-electron chi connectivity index (χ0n) is 11.5. The van der Waals surface area contributed by atoms with Crippen LogP contribution < -0.4 is 11.1 Å². The van der Waals surface area contributed by atoms with Crippen LogP contribution in [-0.4, -0.2) is 14.1 Å². The van der Waals surface area contributed by atoms with Crippen LogP contribution in [0.3, 0.4) is 0 Å². The summed E-state index contributed by atoms with van der Waals surface area (Å²) < 4.78 is 3.65.